The molecular weight excluding hydrogens is 154 g/mol. The highest BCUT2D eigenvalue weighted by atomic mass is 32.2. The molecule has 66 valence electrons. The van der Waals surface area contributed by atoms with Crippen LogP contribution < -0.4 is 0 Å². The molecule has 0 radical (unpaired) electrons. The molecule has 0 bridgehead atoms. The lowest BCUT2D eigenvalue weighted by Gasteiger charge is -2.31. The zero-order chi connectivity index (χ0) is 8.10. The first-order valence-electron chi connectivity index (χ1n) is 4.62. The molecule has 0 aromatic rings. The Bertz CT molecular complexity index is 104. The van der Waals surface area contributed by atoms with Crippen molar-refractivity contribution >= 4 is 11.8 Å². The van der Waals surface area contributed by atoms with Gasteiger partial charge in [0.1, 0.15) is 0 Å². The predicted molar refractivity (Wildman–Crippen MR) is 53.3 cm³/mol. The van der Waals surface area contributed by atoms with E-state index in [1.165, 1.54) is 38.9 Å². The SMILES string of the molecule is CCCN1CCCC(SC)C1. The summed E-state index contributed by atoms with van der Waals surface area (Å²) in [5, 5.41) is 0.912. The van der Waals surface area contributed by atoms with Gasteiger partial charge in [-0.3, -0.25) is 0 Å². The fraction of sp³-hybridized carbons (Fsp3) is 1.00. The molecule has 1 unspecified atom stereocenters. The lowest BCUT2D eigenvalue weighted by molar-refractivity contribution is 0.234. The number of hydrogen-bond acceptors (Lipinski definition) is 2. The summed E-state index contributed by atoms with van der Waals surface area (Å²) in [7, 11) is 0. The van der Waals surface area contributed by atoms with E-state index in [1.54, 1.807) is 0 Å². The van der Waals surface area contributed by atoms with E-state index in [0.29, 0.717) is 0 Å². The maximum absolute atomic E-state index is 2.60. The van der Waals surface area contributed by atoms with E-state index in [0.717, 1.165) is 5.25 Å². The predicted octanol–water partition coefficient (Wildman–Crippen LogP) is 2.22. The van der Waals surface area contributed by atoms with Gasteiger partial charge in [0, 0.05) is 11.8 Å². The van der Waals surface area contributed by atoms with Gasteiger partial charge in [0.25, 0.3) is 0 Å². The van der Waals surface area contributed by atoms with Crippen molar-refractivity contribution in [2.45, 2.75) is 31.4 Å². The molecule has 1 saturated heterocycles. The standard InChI is InChI=1S/C9H19NS/c1-3-6-10-7-4-5-9(8-10)11-2/h9H,3-8H2,1-2H3. The number of nitrogens with zero attached hydrogens (tertiary/aromatic N) is 1. The summed E-state index contributed by atoms with van der Waals surface area (Å²) in [6, 6.07) is 0. The van der Waals surface area contributed by atoms with Gasteiger partial charge in [0.15, 0.2) is 0 Å². The van der Waals surface area contributed by atoms with Gasteiger partial charge in [-0.25, -0.2) is 0 Å². The molecule has 2 heteroatoms. The Morgan fingerprint density at radius 3 is 3.00 bits per heavy atom. The van der Waals surface area contributed by atoms with Gasteiger partial charge in [-0.1, -0.05) is 6.92 Å². The zero-order valence-electron chi connectivity index (χ0n) is 7.68. The van der Waals surface area contributed by atoms with Crippen LogP contribution in [0.15, 0.2) is 0 Å². The van der Waals surface area contributed by atoms with Gasteiger partial charge in [-0.2, -0.15) is 11.8 Å². The van der Waals surface area contributed by atoms with Crippen LogP contribution in [0.4, 0.5) is 0 Å². The zero-order valence-corrected chi connectivity index (χ0v) is 8.49. The minimum atomic E-state index is 0.912. The first kappa shape index (κ1) is 9.40. The van der Waals surface area contributed by atoms with E-state index in [4.69, 9.17) is 0 Å². The molecule has 0 spiro atoms. The van der Waals surface area contributed by atoms with E-state index in [-0.39, 0.29) is 0 Å². The molecule has 0 N–H and O–H groups in total. The summed E-state index contributed by atoms with van der Waals surface area (Å²) in [4.78, 5) is 2.60. The average Bonchev–Trinajstić information content (AvgIpc) is 2.06. The summed E-state index contributed by atoms with van der Waals surface area (Å²) in [5.74, 6) is 0. The number of thioether (sulfide) groups is 1. The molecule has 0 aliphatic carbocycles. The van der Waals surface area contributed by atoms with Crippen LogP contribution in [0.2, 0.25) is 0 Å². The summed E-state index contributed by atoms with van der Waals surface area (Å²) in [5.41, 5.74) is 0. The largest absolute Gasteiger partial charge is 0.302 e. The molecule has 0 amide bonds. The highest BCUT2D eigenvalue weighted by Gasteiger charge is 2.17. The summed E-state index contributed by atoms with van der Waals surface area (Å²) in [6.45, 7) is 6.24. The van der Waals surface area contributed by atoms with Crippen LogP contribution in [0, 0.1) is 0 Å². The third kappa shape index (κ3) is 3.04. The molecule has 0 aromatic heterocycles. The van der Waals surface area contributed by atoms with Crippen LogP contribution in [0.25, 0.3) is 0 Å². The Morgan fingerprint density at radius 2 is 2.36 bits per heavy atom. The summed E-state index contributed by atoms with van der Waals surface area (Å²) >= 11 is 2.03. The lowest BCUT2D eigenvalue weighted by Crippen LogP contribution is -2.37. The molecule has 0 aromatic carbocycles. The second-order valence-corrected chi connectivity index (χ2v) is 4.44. The second kappa shape index (κ2) is 5.04. The Balaban J connectivity index is 2.21. The minimum absolute atomic E-state index is 0.912. The van der Waals surface area contributed by atoms with Crippen molar-refractivity contribution in [2.24, 2.45) is 0 Å². The number of piperidine rings is 1. The van der Waals surface area contributed by atoms with Crippen molar-refractivity contribution in [1.82, 2.24) is 4.90 Å². The van der Waals surface area contributed by atoms with Gasteiger partial charge >= 0.3 is 0 Å². The maximum Gasteiger partial charge on any atom is 0.0172 e. The van der Waals surface area contributed by atoms with Crippen molar-refractivity contribution in [3.8, 4) is 0 Å². The third-order valence-corrected chi connectivity index (χ3v) is 3.39. The van der Waals surface area contributed by atoms with Gasteiger partial charge in [-0.05, 0) is 38.6 Å². The van der Waals surface area contributed by atoms with Crippen LogP contribution in [0.1, 0.15) is 26.2 Å². The van der Waals surface area contributed by atoms with Crippen molar-refractivity contribution in [2.75, 3.05) is 25.9 Å². The molecule has 11 heavy (non-hydrogen) atoms. The maximum atomic E-state index is 2.60. The molecule has 1 nitrogen and oxygen atoms in total. The van der Waals surface area contributed by atoms with Crippen molar-refractivity contribution in [3.63, 3.8) is 0 Å². The van der Waals surface area contributed by atoms with Crippen LogP contribution in [0.5, 0.6) is 0 Å². The quantitative estimate of drug-likeness (QED) is 0.644. The fourth-order valence-corrected chi connectivity index (χ4v) is 2.49. The van der Waals surface area contributed by atoms with Crippen LogP contribution in [-0.4, -0.2) is 36.0 Å². The smallest absolute Gasteiger partial charge is 0.0172 e. The molecule has 1 aliphatic heterocycles. The van der Waals surface area contributed by atoms with E-state index in [1.807, 2.05) is 11.8 Å². The molecule has 1 rings (SSSR count). The van der Waals surface area contributed by atoms with Crippen molar-refractivity contribution in [3.05, 3.63) is 0 Å². The Kier molecular flexibility index (Phi) is 4.31. The van der Waals surface area contributed by atoms with E-state index < -0.39 is 0 Å². The summed E-state index contributed by atoms with van der Waals surface area (Å²) < 4.78 is 0. The molecule has 1 atom stereocenters. The van der Waals surface area contributed by atoms with Crippen molar-refractivity contribution < 1.29 is 0 Å². The second-order valence-electron chi connectivity index (χ2n) is 3.30. The van der Waals surface area contributed by atoms with Crippen LogP contribution in [-0.2, 0) is 0 Å². The first-order valence-corrected chi connectivity index (χ1v) is 5.90. The van der Waals surface area contributed by atoms with Crippen LogP contribution >= 0.6 is 11.8 Å². The minimum Gasteiger partial charge on any atom is -0.302 e. The number of hydrogen-bond donors (Lipinski definition) is 0. The van der Waals surface area contributed by atoms with E-state index in [9.17, 15) is 0 Å². The molecule has 1 fully saturated rings. The molecule has 1 heterocycles. The number of rotatable bonds is 3. The fourth-order valence-electron chi connectivity index (χ4n) is 1.72. The van der Waals surface area contributed by atoms with Gasteiger partial charge in [-0.15, -0.1) is 0 Å². The normalized spacial score (nSPS) is 27.3. The molecular formula is C9H19NS. The van der Waals surface area contributed by atoms with E-state index in [2.05, 4.69) is 18.1 Å². The highest BCUT2D eigenvalue weighted by molar-refractivity contribution is 7.99. The highest BCUT2D eigenvalue weighted by Crippen LogP contribution is 2.19. The average molecular weight is 173 g/mol. The monoisotopic (exact) mass is 173 g/mol. The van der Waals surface area contributed by atoms with Gasteiger partial charge < -0.3 is 4.90 Å². The summed E-state index contributed by atoms with van der Waals surface area (Å²) in [6.07, 6.45) is 6.38. The van der Waals surface area contributed by atoms with Crippen LogP contribution in [0.3, 0.4) is 0 Å². The Hall–Kier alpha value is 0.310. The van der Waals surface area contributed by atoms with E-state index >= 15 is 0 Å². The topological polar surface area (TPSA) is 3.24 Å². The number of likely N-dealkylation sites (tertiary alicyclic amines) is 1. The van der Waals surface area contributed by atoms with Crippen molar-refractivity contribution in [1.29, 1.82) is 0 Å². The Labute approximate surface area is 74.5 Å². The third-order valence-electron chi connectivity index (χ3n) is 2.34. The van der Waals surface area contributed by atoms with Gasteiger partial charge in [0.05, 0.1) is 0 Å². The molecule has 0 saturated carbocycles. The lowest BCUT2D eigenvalue weighted by atomic mass is 10.1. The van der Waals surface area contributed by atoms with Gasteiger partial charge in [0.2, 0.25) is 0 Å². The Morgan fingerprint density at radius 1 is 1.55 bits per heavy atom. The first-order chi connectivity index (χ1) is 5.36. The molecule has 1 aliphatic rings.